The molecule has 0 aliphatic heterocycles. The van der Waals surface area contributed by atoms with E-state index < -0.39 is 0 Å². The summed E-state index contributed by atoms with van der Waals surface area (Å²) >= 11 is 55.2. The van der Waals surface area contributed by atoms with Crippen LogP contribution in [-0.2, 0) is 34.1 Å². The first kappa shape index (κ1) is 88.3. The molecule has 0 atom stereocenters. The number of hydrogen-bond donors (Lipinski definition) is 0. The molecule has 12 aromatic heterocycles. The van der Waals surface area contributed by atoms with Gasteiger partial charge in [-0.15, -0.1) is 92.8 Å². The van der Waals surface area contributed by atoms with Crippen molar-refractivity contribution in [2.75, 3.05) is 47.0 Å². The van der Waals surface area contributed by atoms with E-state index in [1.807, 2.05) is 97.1 Å². The smallest absolute Gasteiger partial charge is 0.753 e. The van der Waals surface area contributed by atoms with Crippen LogP contribution in [0.1, 0.15) is 0 Å². The number of fused-ring (bicyclic) bond motifs is 24. The van der Waals surface area contributed by atoms with Crippen LogP contribution in [-0.4, -0.2) is 147 Å². The Morgan fingerprint density at radius 2 is 0.275 bits per heavy atom. The van der Waals surface area contributed by atoms with Crippen molar-refractivity contribution in [2.24, 2.45) is 0 Å². The van der Waals surface area contributed by atoms with Gasteiger partial charge in [0.15, 0.2) is 0 Å². The minimum atomic E-state index is 0. The predicted molar refractivity (Wildman–Crippen MR) is 430 cm³/mol. The van der Waals surface area contributed by atoms with Crippen molar-refractivity contribution in [2.45, 2.75) is 0 Å². The van der Waals surface area contributed by atoms with Gasteiger partial charge < -0.3 is 21.6 Å². The molecule has 0 bridgehead atoms. The van der Waals surface area contributed by atoms with E-state index in [2.05, 4.69) is 129 Å². The Morgan fingerprint density at radius 1 is 0.196 bits per heavy atom. The molecule has 0 radical (unpaired) electrons. The van der Waals surface area contributed by atoms with E-state index >= 15 is 0 Å². The standard InChI is InChI=1S/4C14H8N4.4C2H4Cl2.4CNS.2Fe/c4*1-3-9-11(15-5-1)12-10(4-2-6-16-12)14-13(9)17-7-8-18-14;4*3-1-2-4;4*2-1-3;;/h4*1-8H;4*1-2H2;;;;;;/q;;;;;;;;4*-1;2*+2. The third-order valence-electron chi connectivity index (χ3n) is 12.5. The number of halogens is 8. The molecule has 102 heavy (non-hydrogen) atoms. The summed E-state index contributed by atoms with van der Waals surface area (Å²) in [4.78, 5) is 70.9. The molecule has 12 heterocycles. The molecule has 20 nitrogen and oxygen atoms in total. The van der Waals surface area contributed by atoms with Gasteiger partial charge in [0.05, 0.1) is 88.3 Å². The number of pyridine rings is 8. The molecule has 0 spiro atoms. The van der Waals surface area contributed by atoms with Crippen molar-refractivity contribution in [1.82, 2.24) is 79.7 Å². The fourth-order valence-corrected chi connectivity index (χ4v) is 9.21. The summed E-state index contributed by atoms with van der Waals surface area (Å²) in [6, 6.07) is 31.3. The molecular weight excluding hydrogens is 1620 g/mol. The van der Waals surface area contributed by atoms with Gasteiger partial charge in [-0.1, -0.05) is 48.9 Å². The maximum Gasteiger partial charge on any atom is 2.00 e. The van der Waals surface area contributed by atoms with E-state index in [9.17, 15) is 0 Å². The van der Waals surface area contributed by atoms with E-state index in [0.29, 0.717) is 47.0 Å². The van der Waals surface area contributed by atoms with Crippen LogP contribution >= 0.6 is 142 Å². The van der Waals surface area contributed by atoms with Gasteiger partial charge in [-0.25, -0.2) is 0 Å². The first-order chi connectivity index (χ1) is 49.1. The summed E-state index contributed by atoms with van der Waals surface area (Å²) in [6.07, 6.45) is 27.9. The molecular formula is C68H48Cl8Fe2N20S4. The Bertz CT molecular complexity index is 3870. The van der Waals surface area contributed by atoms with Crippen LogP contribution in [0.4, 0.5) is 0 Å². The third kappa shape index (κ3) is 24.6. The van der Waals surface area contributed by atoms with Crippen LogP contribution < -0.4 is 0 Å². The second-order valence-electron chi connectivity index (χ2n) is 18.1. The zero-order chi connectivity index (χ0) is 72.3. The van der Waals surface area contributed by atoms with Crippen LogP contribution in [0.3, 0.4) is 0 Å². The van der Waals surface area contributed by atoms with Gasteiger partial charge in [0.25, 0.3) is 0 Å². The Balaban J connectivity index is 0.000000313. The molecule has 0 fully saturated rings. The second-order valence-corrected chi connectivity index (χ2v) is 21.8. The van der Waals surface area contributed by atoms with Crippen LogP contribution in [0.25, 0.3) is 153 Å². The number of rotatable bonds is 4. The quantitative estimate of drug-likeness (QED) is 0.0520. The number of hydrogen-bond acceptors (Lipinski definition) is 20. The molecule has 0 amide bonds. The summed E-state index contributed by atoms with van der Waals surface area (Å²) in [5.41, 5.74) is 14.0. The monoisotopic (exact) mass is 1660 g/mol. The Morgan fingerprint density at radius 3 is 0.353 bits per heavy atom. The molecule has 0 saturated heterocycles. The van der Waals surface area contributed by atoms with Gasteiger partial charge in [-0.2, -0.15) is 20.6 Å². The van der Waals surface area contributed by atoms with Gasteiger partial charge in [0.1, 0.15) is 0 Å². The molecule has 4 aromatic carbocycles. The topological polar surface area (TPSA) is 295 Å². The number of benzene rings is 4. The maximum atomic E-state index is 7.13. The van der Waals surface area contributed by atoms with Crippen molar-refractivity contribution in [1.29, 1.82) is 0 Å². The Hall–Kier alpha value is -7.92. The largest absolute Gasteiger partial charge is 2.00 e. The van der Waals surface area contributed by atoms with Gasteiger partial charge >= 0.3 is 34.1 Å². The molecule has 0 aliphatic carbocycles. The van der Waals surface area contributed by atoms with Crippen LogP contribution in [0.15, 0.2) is 196 Å². The summed E-state index contributed by atoms with van der Waals surface area (Å²) in [6.45, 7) is 0. The Kier molecular flexibility index (Phi) is 44.4. The molecule has 16 aromatic rings. The van der Waals surface area contributed by atoms with E-state index in [0.717, 1.165) is 131 Å². The number of nitrogens with zero attached hydrogens (tertiary/aromatic N) is 20. The summed E-state index contributed by atoms with van der Waals surface area (Å²) in [5, 5.41) is 41.8. The molecule has 34 heteroatoms. The van der Waals surface area contributed by atoms with Crippen molar-refractivity contribution >= 4 is 294 Å². The molecule has 0 unspecified atom stereocenters. The number of alkyl halides is 8. The average molecular weight is 1670 g/mol. The van der Waals surface area contributed by atoms with Gasteiger partial charge in [0.2, 0.25) is 0 Å². The minimum absolute atomic E-state index is 0. The second kappa shape index (κ2) is 51.3. The van der Waals surface area contributed by atoms with Crippen LogP contribution in [0.5, 0.6) is 0 Å². The summed E-state index contributed by atoms with van der Waals surface area (Å²) in [5.74, 6) is 4.46. The van der Waals surface area contributed by atoms with Crippen molar-refractivity contribution < 1.29 is 34.1 Å². The van der Waals surface area contributed by atoms with E-state index in [1.165, 1.54) is 20.6 Å². The van der Waals surface area contributed by atoms with E-state index in [-0.39, 0.29) is 34.1 Å². The first-order valence-corrected chi connectivity index (χ1v) is 34.4. The Labute approximate surface area is 666 Å². The molecule has 0 saturated carbocycles. The fourth-order valence-electron chi connectivity index (χ4n) is 9.21. The first-order valence-electron chi connectivity index (χ1n) is 28.5. The molecule has 516 valence electrons. The zero-order valence-corrected chi connectivity index (χ0v) is 64.0. The average Bonchev–Trinajstić information content (AvgIpc) is 0.780. The van der Waals surface area contributed by atoms with Crippen molar-refractivity contribution in [3.63, 3.8) is 0 Å². The zero-order valence-electron chi connectivity index (χ0n) is 52.4. The molecule has 0 N–H and O–H groups in total. The number of aromatic nitrogens is 16. The van der Waals surface area contributed by atoms with Crippen molar-refractivity contribution in [3.8, 4) is 0 Å². The predicted octanol–water partition coefficient (Wildman–Crippen LogP) is 19.4. The summed E-state index contributed by atoms with van der Waals surface area (Å²) in [7, 11) is 0. The minimum Gasteiger partial charge on any atom is -0.753 e. The SMILES string of the molecule is ClCCCl.ClCCCl.ClCCCl.ClCCCl.[Fe+2].[Fe+2].[N-]=C=S.[N-]=C=S.[N-]=C=S.[N-]=C=S.c1cnc2c(c1)c1nccnc1c1cccnc12.c1cnc2c(c1)c1nccnc1c1cccnc12.c1cnc2c(c1)c1nccnc1c1cccnc12.c1cnc2c(c1)c1nccnc1c1cccnc12. The fraction of sp³-hybridized carbons (Fsp3) is 0.118. The van der Waals surface area contributed by atoms with Crippen LogP contribution in [0.2, 0.25) is 0 Å². The number of thiocarbonyl (C=S) groups is 4. The van der Waals surface area contributed by atoms with Gasteiger partial charge in [0, 0.05) is 189 Å². The summed E-state index contributed by atoms with van der Waals surface area (Å²) < 4.78 is 0. The van der Waals surface area contributed by atoms with Crippen LogP contribution in [0, 0.1) is 0 Å². The van der Waals surface area contributed by atoms with E-state index in [4.69, 9.17) is 114 Å². The maximum absolute atomic E-state index is 7.13. The third-order valence-corrected chi connectivity index (χ3v) is 14.8. The molecule has 0 aliphatic rings. The number of isothiocyanates is 4. The molecule has 16 rings (SSSR count). The van der Waals surface area contributed by atoms with Crippen molar-refractivity contribution in [3.05, 3.63) is 218 Å². The van der Waals surface area contributed by atoms with Gasteiger partial charge in [-0.05, 0) is 97.1 Å². The van der Waals surface area contributed by atoms with Gasteiger partial charge in [-0.3, -0.25) is 79.7 Å². The normalized spacial score (nSPS) is 9.49. The van der Waals surface area contributed by atoms with E-state index in [1.54, 1.807) is 99.1 Å².